The van der Waals surface area contributed by atoms with Crippen molar-refractivity contribution in [2.45, 2.75) is 77.3 Å². The fraction of sp³-hybridized carbons (Fsp3) is 0.905. The second-order valence-corrected chi connectivity index (χ2v) is 10.5. The topological polar surface area (TPSA) is 75.2 Å². The molecule has 178 valence electrons. The SMILES string of the molecule is CCNC(=NCC(C)(C)SC)N1CCC(OCCCNC(=O)OC(C)(C)C)CC1.I. The van der Waals surface area contributed by atoms with Gasteiger partial charge < -0.3 is 25.0 Å². The van der Waals surface area contributed by atoms with Gasteiger partial charge in [-0.15, -0.1) is 24.0 Å². The van der Waals surface area contributed by atoms with E-state index in [1.807, 2.05) is 32.5 Å². The van der Waals surface area contributed by atoms with Crippen LogP contribution in [-0.4, -0.2) is 79.0 Å². The molecule has 0 aliphatic carbocycles. The van der Waals surface area contributed by atoms with Gasteiger partial charge in [-0.2, -0.15) is 11.8 Å². The molecular weight excluding hydrogens is 515 g/mol. The molecular formula is C21H43IN4O3S. The number of alkyl carbamates (subject to hydrolysis) is 1. The van der Waals surface area contributed by atoms with Gasteiger partial charge in [0.1, 0.15) is 5.60 Å². The van der Waals surface area contributed by atoms with Crippen LogP contribution in [0.4, 0.5) is 4.79 Å². The highest BCUT2D eigenvalue weighted by Crippen LogP contribution is 2.21. The van der Waals surface area contributed by atoms with Crippen LogP contribution in [0.15, 0.2) is 4.99 Å². The monoisotopic (exact) mass is 558 g/mol. The number of nitrogens with one attached hydrogen (secondary N) is 2. The number of guanidine groups is 1. The van der Waals surface area contributed by atoms with E-state index in [0.717, 1.165) is 51.4 Å². The molecule has 0 aromatic heterocycles. The Balaban J connectivity index is 0.00000841. The van der Waals surface area contributed by atoms with E-state index in [-0.39, 0.29) is 40.9 Å². The molecule has 1 fully saturated rings. The van der Waals surface area contributed by atoms with Crippen molar-refractivity contribution >= 4 is 47.8 Å². The first-order valence-electron chi connectivity index (χ1n) is 10.7. The third-order valence-corrected chi connectivity index (χ3v) is 5.82. The second-order valence-electron chi connectivity index (χ2n) is 8.97. The van der Waals surface area contributed by atoms with Crippen LogP contribution in [0.5, 0.6) is 0 Å². The Labute approximate surface area is 204 Å². The van der Waals surface area contributed by atoms with Crippen LogP contribution in [0.3, 0.4) is 0 Å². The van der Waals surface area contributed by atoms with E-state index in [4.69, 9.17) is 14.5 Å². The summed E-state index contributed by atoms with van der Waals surface area (Å²) in [4.78, 5) is 18.8. The third kappa shape index (κ3) is 13.1. The number of hydrogen-bond acceptors (Lipinski definition) is 5. The molecule has 2 N–H and O–H groups in total. The van der Waals surface area contributed by atoms with Crippen molar-refractivity contribution < 1.29 is 14.3 Å². The largest absolute Gasteiger partial charge is 0.444 e. The summed E-state index contributed by atoms with van der Waals surface area (Å²) >= 11 is 1.84. The normalized spacial score (nSPS) is 16.1. The quantitative estimate of drug-likeness (QED) is 0.192. The van der Waals surface area contributed by atoms with Crippen molar-refractivity contribution in [1.82, 2.24) is 15.5 Å². The number of rotatable bonds is 9. The minimum absolute atomic E-state index is 0. The Morgan fingerprint density at radius 2 is 1.80 bits per heavy atom. The average Bonchev–Trinajstić information content (AvgIpc) is 2.64. The molecule has 9 heteroatoms. The molecule has 7 nitrogen and oxygen atoms in total. The number of hydrogen-bond donors (Lipinski definition) is 2. The van der Waals surface area contributed by atoms with Gasteiger partial charge in [-0.25, -0.2) is 4.79 Å². The number of ether oxygens (including phenoxy) is 2. The van der Waals surface area contributed by atoms with Crippen molar-refractivity contribution in [2.75, 3.05) is 45.6 Å². The fourth-order valence-electron chi connectivity index (χ4n) is 2.82. The summed E-state index contributed by atoms with van der Waals surface area (Å²) in [7, 11) is 0. The predicted molar refractivity (Wildman–Crippen MR) is 138 cm³/mol. The maximum absolute atomic E-state index is 11.6. The lowest BCUT2D eigenvalue weighted by molar-refractivity contribution is 0.0170. The molecule has 1 amide bonds. The van der Waals surface area contributed by atoms with E-state index in [0.29, 0.717) is 13.2 Å². The van der Waals surface area contributed by atoms with Crippen LogP contribution < -0.4 is 10.6 Å². The van der Waals surface area contributed by atoms with Crippen LogP contribution in [0, 0.1) is 0 Å². The van der Waals surface area contributed by atoms with Gasteiger partial charge in [0.25, 0.3) is 0 Å². The summed E-state index contributed by atoms with van der Waals surface area (Å²) in [6.07, 6.45) is 4.82. The number of thioether (sulfide) groups is 1. The van der Waals surface area contributed by atoms with Gasteiger partial charge >= 0.3 is 6.09 Å². The molecule has 30 heavy (non-hydrogen) atoms. The maximum atomic E-state index is 11.6. The van der Waals surface area contributed by atoms with Crippen LogP contribution in [0.2, 0.25) is 0 Å². The second kappa shape index (κ2) is 14.6. The van der Waals surface area contributed by atoms with Crippen LogP contribution in [0.1, 0.15) is 60.8 Å². The Kier molecular flexibility index (Phi) is 14.4. The molecule has 0 spiro atoms. The molecule has 1 aliphatic heterocycles. The number of halogens is 1. The zero-order valence-corrected chi connectivity index (χ0v) is 23.0. The van der Waals surface area contributed by atoms with Crippen LogP contribution in [0.25, 0.3) is 0 Å². The molecule has 0 unspecified atom stereocenters. The fourth-order valence-corrected chi connectivity index (χ4v) is 3.01. The maximum Gasteiger partial charge on any atom is 0.407 e. The lowest BCUT2D eigenvalue weighted by atomic mass is 10.1. The Hall–Kier alpha value is -0.420. The zero-order chi connectivity index (χ0) is 21.9. The lowest BCUT2D eigenvalue weighted by Gasteiger charge is -2.34. The van der Waals surface area contributed by atoms with Gasteiger partial charge in [0, 0.05) is 37.5 Å². The van der Waals surface area contributed by atoms with E-state index in [1.165, 1.54) is 0 Å². The summed E-state index contributed by atoms with van der Waals surface area (Å²) in [5, 5.41) is 6.19. The van der Waals surface area contributed by atoms with Crippen molar-refractivity contribution in [1.29, 1.82) is 0 Å². The zero-order valence-electron chi connectivity index (χ0n) is 19.9. The van der Waals surface area contributed by atoms with E-state index in [1.54, 1.807) is 0 Å². The summed E-state index contributed by atoms with van der Waals surface area (Å²) in [5.74, 6) is 1.01. The Morgan fingerprint density at radius 3 is 2.33 bits per heavy atom. The number of nitrogens with zero attached hydrogens (tertiary/aromatic N) is 2. The minimum Gasteiger partial charge on any atom is -0.444 e. The first-order valence-corrected chi connectivity index (χ1v) is 12.0. The Bertz CT molecular complexity index is 519. The predicted octanol–water partition coefficient (Wildman–Crippen LogP) is 4.11. The number of likely N-dealkylation sites (tertiary alicyclic amines) is 1. The van der Waals surface area contributed by atoms with Gasteiger partial charge in [-0.1, -0.05) is 0 Å². The van der Waals surface area contributed by atoms with Gasteiger partial charge in [-0.05, 0) is 67.1 Å². The van der Waals surface area contributed by atoms with E-state index >= 15 is 0 Å². The van der Waals surface area contributed by atoms with E-state index in [2.05, 4.69) is 42.6 Å². The molecule has 0 aromatic rings. The highest BCUT2D eigenvalue weighted by atomic mass is 127. The third-order valence-electron chi connectivity index (χ3n) is 4.58. The smallest absolute Gasteiger partial charge is 0.407 e. The number of aliphatic imine (C=N–C) groups is 1. The number of amides is 1. The molecule has 0 aromatic carbocycles. The minimum atomic E-state index is -0.464. The molecule has 0 saturated carbocycles. The standard InChI is InChI=1S/C21H42N4O3S.HI/c1-8-22-18(24-16-21(5,6)29-7)25-13-10-17(11-14-25)27-15-9-12-23-19(26)28-20(2,3)4;/h17H,8-16H2,1-7H3,(H,22,24)(H,23,26);1H. The van der Waals surface area contributed by atoms with Gasteiger partial charge in [0.05, 0.1) is 12.6 Å². The van der Waals surface area contributed by atoms with E-state index < -0.39 is 5.60 Å². The summed E-state index contributed by atoms with van der Waals surface area (Å²) in [5.41, 5.74) is -0.464. The highest BCUT2D eigenvalue weighted by molar-refractivity contribution is 14.0. The number of carbonyl (C=O) groups excluding carboxylic acids is 1. The molecule has 0 atom stereocenters. The van der Waals surface area contributed by atoms with Crippen molar-refractivity contribution in [3.63, 3.8) is 0 Å². The van der Waals surface area contributed by atoms with Crippen LogP contribution in [-0.2, 0) is 9.47 Å². The Morgan fingerprint density at radius 1 is 1.17 bits per heavy atom. The lowest BCUT2D eigenvalue weighted by Crippen LogP contribution is -2.47. The average molecular weight is 559 g/mol. The summed E-state index contributed by atoms with van der Waals surface area (Å²) in [6.45, 7) is 16.9. The molecule has 1 rings (SSSR count). The van der Waals surface area contributed by atoms with Crippen LogP contribution >= 0.6 is 35.7 Å². The summed E-state index contributed by atoms with van der Waals surface area (Å²) in [6, 6.07) is 0. The van der Waals surface area contributed by atoms with Crippen molar-refractivity contribution in [2.24, 2.45) is 4.99 Å². The number of piperidine rings is 1. The molecule has 1 saturated heterocycles. The van der Waals surface area contributed by atoms with Crippen molar-refractivity contribution in [3.05, 3.63) is 0 Å². The molecule has 1 aliphatic rings. The molecule has 0 radical (unpaired) electrons. The van der Waals surface area contributed by atoms with Crippen molar-refractivity contribution in [3.8, 4) is 0 Å². The highest BCUT2D eigenvalue weighted by Gasteiger charge is 2.23. The first-order chi connectivity index (χ1) is 13.6. The van der Waals surface area contributed by atoms with E-state index in [9.17, 15) is 4.79 Å². The van der Waals surface area contributed by atoms with Gasteiger partial charge in [0.2, 0.25) is 0 Å². The number of carbonyl (C=O) groups is 1. The van der Waals surface area contributed by atoms with Gasteiger partial charge in [-0.3, -0.25) is 4.99 Å². The molecule has 1 heterocycles. The van der Waals surface area contributed by atoms with Gasteiger partial charge in [0.15, 0.2) is 5.96 Å². The molecule has 0 bridgehead atoms. The first kappa shape index (κ1) is 29.6. The summed E-state index contributed by atoms with van der Waals surface area (Å²) < 4.78 is 11.4.